The van der Waals surface area contributed by atoms with E-state index in [-0.39, 0.29) is 5.91 Å². The molecule has 1 amide bonds. The van der Waals surface area contributed by atoms with Crippen molar-refractivity contribution in [3.05, 3.63) is 29.8 Å². The number of thioether (sulfide) groups is 1. The average Bonchev–Trinajstić information content (AvgIpc) is 3.23. The van der Waals surface area contributed by atoms with Gasteiger partial charge in [0.15, 0.2) is 5.16 Å². The van der Waals surface area contributed by atoms with Crippen molar-refractivity contribution in [3.63, 3.8) is 0 Å². The van der Waals surface area contributed by atoms with Crippen molar-refractivity contribution in [2.24, 2.45) is 0 Å². The summed E-state index contributed by atoms with van der Waals surface area (Å²) in [6.07, 6.45) is 2.21. The molecule has 1 heterocycles. The van der Waals surface area contributed by atoms with Gasteiger partial charge in [-0.2, -0.15) is 0 Å². The molecular formula is C14H17N5OS. The van der Waals surface area contributed by atoms with E-state index in [1.165, 1.54) is 11.8 Å². The Morgan fingerprint density at radius 3 is 2.76 bits per heavy atom. The topological polar surface area (TPSA) is 85.8 Å². The van der Waals surface area contributed by atoms with E-state index < -0.39 is 0 Å². The maximum absolute atomic E-state index is 12.0. The van der Waals surface area contributed by atoms with Crippen molar-refractivity contribution in [2.75, 3.05) is 16.8 Å². The molecule has 0 saturated heterocycles. The predicted octanol–water partition coefficient (Wildman–Crippen LogP) is 2.23. The van der Waals surface area contributed by atoms with Crippen LogP contribution < -0.4 is 11.1 Å². The zero-order chi connectivity index (χ0) is 14.8. The number of nitrogen functional groups attached to an aromatic ring is 1. The largest absolute Gasteiger partial charge is 0.368 e. The first-order valence-corrected chi connectivity index (χ1v) is 7.82. The minimum absolute atomic E-state index is 0.0622. The lowest BCUT2D eigenvalue weighted by Crippen LogP contribution is -2.14. The Kier molecular flexibility index (Phi) is 3.83. The zero-order valence-electron chi connectivity index (χ0n) is 11.7. The number of aryl methyl sites for hydroxylation is 1. The molecule has 1 aliphatic carbocycles. The second kappa shape index (κ2) is 5.77. The molecule has 3 N–H and O–H groups in total. The molecule has 6 nitrogen and oxygen atoms in total. The van der Waals surface area contributed by atoms with Crippen LogP contribution in [-0.2, 0) is 4.79 Å². The molecule has 1 aromatic heterocycles. The molecule has 21 heavy (non-hydrogen) atoms. The van der Waals surface area contributed by atoms with Gasteiger partial charge < -0.3 is 11.1 Å². The van der Waals surface area contributed by atoms with Gasteiger partial charge in [-0.25, -0.2) is 0 Å². The number of nitrogens with zero attached hydrogens (tertiary/aromatic N) is 3. The molecule has 1 aromatic carbocycles. The van der Waals surface area contributed by atoms with E-state index in [0.29, 0.717) is 22.9 Å². The van der Waals surface area contributed by atoms with Crippen LogP contribution in [0.5, 0.6) is 0 Å². The summed E-state index contributed by atoms with van der Waals surface area (Å²) in [5.41, 5.74) is 7.76. The van der Waals surface area contributed by atoms with Crippen LogP contribution in [0.1, 0.15) is 24.4 Å². The minimum atomic E-state index is -0.0622. The molecule has 0 bridgehead atoms. The number of aromatic nitrogens is 3. The van der Waals surface area contributed by atoms with Gasteiger partial charge in [0.25, 0.3) is 0 Å². The Morgan fingerprint density at radius 2 is 2.10 bits per heavy atom. The van der Waals surface area contributed by atoms with Crippen LogP contribution in [0, 0.1) is 6.92 Å². The van der Waals surface area contributed by atoms with E-state index in [1.54, 1.807) is 0 Å². The number of hydrogen-bond acceptors (Lipinski definition) is 5. The molecule has 0 unspecified atom stereocenters. The van der Waals surface area contributed by atoms with E-state index in [1.807, 2.05) is 35.8 Å². The summed E-state index contributed by atoms with van der Waals surface area (Å²) in [7, 11) is 0. The maximum Gasteiger partial charge on any atom is 0.234 e. The number of nitrogens with one attached hydrogen (secondary N) is 1. The number of nitrogens with two attached hydrogens (primary N) is 1. The second-order valence-electron chi connectivity index (χ2n) is 5.14. The van der Waals surface area contributed by atoms with Crippen molar-refractivity contribution in [1.82, 2.24) is 14.8 Å². The van der Waals surface area contributed by atoms with Gasteiger partial charge in [0.2, 0.25) is 11.9 Å². The molecule has 0 spiro atoms. The maximum atomic E-state index is 12.0. The van der Waals surface area contributed by atoms with Crippen LogP contribution in [0.2, 0.25) is 0 Å². The van der Waals surface area contributed by atoms with Gasteiger partial charge >= 0.3 is 0 Å². The average molecular weight is 303 g/mol. The number of carbonyl (C=O) groups is 1. The smallest absolute Gasteiger partial charge is 0.234 e. The summed E-state index contributed by atoms with van der Waals surface area (Å²) in [5, 5.41) is 11.5. The van der Waals surface area contributed by atoms with Crippen LogP contribution >= 0.6 is 11.8 Å². The quantitative estimate of drug-likeness (QED) is 0.827. The first kappa shape index (κ1) is 13.9. The Morgan fingerprint density at radius 1 is 1.38 bits per heavy atom. The fourth-order valence-electron chi connectivity index (χ4n) is 2.03. The molecule has 2 aromatic rings. The fourth-order valence-corrected chi connectivity index (χ4v) is 2.84. The third-order valence-electron chi connectivity index (χ3n) is 3.27. The van der Waals surface area contributed by atoms with Crippen molar-refractivity contribution < 1.29 is 4.79 Å². The number of hydrogen-bond donors (Lipinski definition) is 2. The second-order valence-corrected chi connectivity index (χ2v) is 6.09. The molecule has 0 radical (unpaired) electrons. The number of anilines is 2. The molecule has 3 rings (SSSR count). The zero-order valence-corrected chi connectivity index (χ0v) is 12.6. The summed E-state index contributed by atoms with van der Waals surface area (Å²) in [6, 6.07) is 8.12. The van der Waals surface area contributed by atoms with Crippen LogP contribution in [0.3, 0.4) is 0 Å². The van der Waals surface area contributed by atoms with E-state index in [4.69, 9.17) is 5.73 Å². The highest BCUT2D eigenvalue weighted by atomic mass is 32.2. The Hall–Kier alpha value is -2.02. The SMILES string of the molecule is Cc1ccc(NC(=O)CSc2nnc(N)n2C2CC2)cc1. The molecule has 1 fully saturated rings. The summed E-state index contributed by atoms with van der Waals surface area (Å²) < 4.78 is 1.92. The van der Waals surface area contributed by atoms with Gasteiger partial charge in [-0.1, -0.05) is 29.5 Å². The van der Waals surface area contributed by atoms with Crippen LogP contribution in [-0.4, -0.2) is 26.4 Å². The monoisotopic (exact) mass is 303 g/mol. The summed E-state index contributed by atoms with van der Waals surface area (Å²) in [6.45, 7) is 2.01. The van der Waals surface area contributed by atoms with Crippen LogP contribution in [0.15, 0.2) is 29.4 Å². The number of benzene rings is 1. The van der Waals surface area contributed by atoms with Crippen molar-refractivity contribution >= 4 is 29.3 Å². The molecule has 1 saturated carbocycles. The highest BCUT2D eigenvalue weighted by molar-refractivity contribution is 7.99. The predicted molar refractivity (Wildman–Crippen MR) is 83.2 cm³/mol. The lowest BCUT2D eigenvalue weighted by molar-refractivity contribution is -0.113. The summed E-state index contributed by atoms with van der Waals surface area (Å²) in [5.74, 6) is 0.658. The fraction of sp³-hybridized carbons (Fsp3) is 0.357. The third kappa shape index (κ3) is 3.36. The van der Waals surface area contributed by atoms with Crippen LogP contribution in [0.25, 0.3) is 0 Å². The summed E-state index contributed by atoms with van der Waals surface area (Å²) in [4.78, 5) is 12.0. The first-order chi connectivity index (χ1) is 10.1. The van der Waals surface area contributed by atoms with E-state index in [2.05, 4.69) is 15.5 Å². The normalized spacial score (nSPS) is 14.1. The molecule has 110 valence electrons. The van der Waals surface area contributed by atoms with Gasteiger partial charge in [0, 0.05) is 11.7 Å². The lowest BCUT2D eigenvalue weighted by Gasteiger charge is -2.07. The molecule has 7 heteroatoms. The van der Waals surface area contributed by atoms with Gasteiger partial charge in [-0.15, -0.1) is 10.2 Å². The van der Waals surface area contributed by atoms with Gasteiger partial charge in [0.05, 0.1) is 5.75 Å². The molecular weight excluding hydrogens is 286 g/mol. The van der Waals surface area contributed by atoms with Crippen molar-refractivity contribution in [1.29, 1.82) is 0 Å². The van der Waals surface area contributed by atoms with Gasteiger partial charge in [-0.05, 0) is 31.9 Å². The van der Waals surface area contributed by atoms with Crippen molar-refractivity contribution in [3.8, 4) is 0 Å². The standard InChI is InChI=1S/C14H17N5OS/c1-9-2-4-10(5-3-9)16-12(20)8-21-14-18-17-13(15)19(14)11-6-7-11/h2-5,11H,6-8H2,1H3,(H2,15,17)(H,16,20). The highest BCUT2D eigenvalue weighted by Crippen LogP contribution is 2.39. The van der Waals surface area contributed by atoms with E-state index in [0.717, 1.165) is 24.1 Å². The van der Waals surface area contributed by atoms with Gasteiger partial charge in [-0.3, -0.25) is 9.36 Å². The molecule has 0 aliphatic heterocycles. The third-order valence-corrected chi connectivity index (χ3v) is 4.21. The van der Waals surface area contributed by atoms with Crippen LogP contribution in [0.4, 0.5) is 11.6 Å². The summed E-state index contributed by atoms with van der Waals surface area (Å²) >= 11 is 1.36. The molecule has 0 atom stereocenters. The van der Waals surface area contributed by atoms with E-state index in [9.17, 15) is 4.79 Å². The minimum Gasteiger partial charge on any atom is -0.368 e. The van der Waals surface area contributed by atoms with Crippen molar-refractivity contribution in [2.45, 2.75) is 31.0 Å². The highest BCUT2D eigenvalue weighted by Gasteiger charge is 2.29. The number of amides is 1. The number of rotatable bonds is 5. The lowest BCUT2D eigenvalue weighted by atomic mass is 10.2. The molecule has 1 aliphatic rings. The Bertz CT molecular complexity index is 648. The Labute approximate surface area is 127 Å². The Balaban J connectivity index is 1.57. The number of carbonyl (C=O) groups excluding carboxylic acids is 1. The van der Waals surface area contributed by atoms with Gasteiger partial charge in [0.1, 0.15) is 0 Å². The first-order valence-electron chi connectivity index (χ1n) is 6.83. The van der Waals surface area contributed by atoms with E-state index >= 15 is 0 Å².